The van der Waals surface area contributed by atoms with E-state index in [1.807, 2.05) is 13.8 Å². The summed E-state index contributed by atoms with van der Waals surface area (Å²) in [4.78, 5) is 25.2. The van der Waals surface area contributed by atoms with E-state index >= 15 is 0 Å². The van der Waals surface area contributed by atoms with Crippen molar-refractivity contribution in [3.8, 4) is 17.5 Å². The largest absolute Gasteiger partial charge is 0.497 e. The van der Waals surface area contributed by atoms with Gasteiger partial charge in [-0.05, 0) is 54.3 Å². The molecule has 0 bridgehead atoms. The summed E-state index contributed by atoms with van der Waals surface area (Å²) in [6, 6.07) is 12.5. The molecule has 34 heavy (non-hydrogen) atoms. The molecule has 0 radical (unpaired) electrons. The van der Waals surface area contributed by atoms with Crippen LogP contribution in [0.4, 0.5) is 16.3 Å². The van der Waals surface area contributed by atoms with E-state index in [4.69, 9.17) is 14.2 Å². The summed E-state index contributed by atoms with van der Waals surface area (Å²) in [5.41, 5.74) is 0.708. The number of carbonyl (C=O) groups excluding carboxylic acids is 1. The Morgan fingerprint density at radius 3 is 2.35 bits per heavy atom. The first-order chi connectivity index (χ1) is 16.4. The number of nitrogens with zero attached hydrogens (tertiary/aromatic N) is 3. The third-order valence-corrected chi connectivity index (χ3v) is 4.72. The first-order valence-electron chi connectivity index (χ1n) is 10.8. The van der Waals surface area contributed by atoms with Crippen molar-refractivity contribution in [2.24, 2.45) is 5.92 Å². The van der Waals surface area contributed by atoms with E-state index in [-0.39, 0.29) is 36.2 Å². The number of halogens is 1. The van der Waals surface area contributed by atoms with Crippen molar-refractivity contribution < 1.29 is 23.4 Å². The zero-order valence-electron chi connectivity index (χ0n) is 19.5. The number of carbonyl (C=O) groups is 1. The van der Waals surface area contributed by atoms with E-state index < -0.39 is 12.0 Å². The van der Waals surface area contributed by atoms with E-state index in [0.717, 1.165) is 0 Å². The Bertz CT molecular complexity index is 1090. The molecule has 0 unspecified atom stereocenters. The Morgan fingerprint density at radius 2 is 1.71 bits per heavy atom. The number of aromatic nitrogens is 3. The lowest BCUT2D eigenvalue weighted by molar-refractivity contribution is -0.141. The maximum absolute atomic E-state index is 13.5. The second kappa shape index (κ2) is 11.8. The topological polar surface area (TPSA) is 107 Å². The van der Waals surface area contributed by atoms with Crippen molar-refractivity contribution in [2.75, 3.05) is 24.9 Å². The van der Waals surface area contributed by atoms with E-state index in [1.165, 1.54) is 19.2 Å². The van der Waals surface area contributed by atoms with Crippen molar-refractivity contribution >= 4 is 17.9 Å². The maximum Gasteiger partial charge on any atom is 0.328 e. The molecule has 0 amide bonds. The van der Waals surface area contributed by atoms with Gasteiger partial charge in [0.15, 0.2) is 0 Å². The molecule has 0 aliphatic rings. The van der Waals surface area contributed by atoms with Crippen LogP contribution in [-0.2, 0) is 16.1 Å². The first-order valence-corrected chi connectivity index (χ1v) is 10.8. The number of methoxy groups -OCH3 is 2. The van der Waals surface area contributed by atoms with E-state index in [1.54, 1.807) is 43.5 Å². The minimum absolute atomic E-state index is 0.0116. The van der Waals surface area contributed by atoms with Gasteiger partial charge in [0.1, 0.15) is 23.4 Å². The summed E-state index contributed by atoms with van der Waals surface area (Å²) >= 11 is 0. The molecule has 1 heterocycles. The molecule has 10 heteroatoms. The van der Waals surface area contributed by atoms with Crippen molar-refractivity contribution in [3.05, 3.63) is 59.9 Å². The van der Waals surface area contributed by atoms with Crippen molar-refractivity contribution in [1.82, 2.24) is 15.0 Å². The summed E-state index contributed by atoms with van der Waals surface area (Å²) < 4.78 is 29.4. The van der Waals surface area contributed by atoms with Crippen LogP contribution in [0.5, 0.6) is 17.5 Å². The van der Waals surface area contributed by atoms with Gasteiger partial charge in [-0.1, -0.05) is 26.0 Å². The number of anilines is 2. The number of hydrogen-bond acceptors (Lipinski definition) is 9. The summed E-state index contributed by atoms with van der Waals surface area (Å²) in [5.74, 6) is 0.948. The number of rotatable bonds is 11. The third-order valence-electron chi connectivity index (χ3n) is 4.72. The van der Waals surface area contributed by atoms with Gasteiger partial charge in [-0.25, -0.2) is 9.18 Å². The Hall–Kier alpha value is -3.95. The summed E-state index contributed by atoms with van der Waals surface area (Å²) in [6.07, 6.45) is 0.513. The minimum Gasteiger partial charge on any atom is -0.497 e. The second-order valence-electron chi connectivity index (χ2n) is 7.88. The molecule has 0 fully saturated rings. The predicted octanol–water partition coefficient (Wildman–Crippen LogP) is 4.42. The lowest BCUT2D eigenvalue weighted by Gasteiger charge is -2.19. The first kappa shape index (κ1) is 24.7. The molecular formula is C24H28FN5O4. The smallest absolute Gasteiger partial charge is 0.328 e. The van der Waals surface area contributed by atoms with Crippen LogP contribution in [-0.4, -0.2) is 41.2 Å². The molecule has 0 aliphatic heterocycles. The van der Waals surface area contributed by atoms with Gasteiger partial charge in [0.05, 0.1) is 14.2 Å². The van der Waals surface area contributed by atoms with Crippen molar-refractivity contribution in [1.29, 1.82) is 0 Å². The van der Waals surface area contributed by atoms with Gasteiger partial charge < -0.3 is 24.8 Å². The van der Waals surface area contributed by atoms with Crippen LogP contribution >= 0.6 is 0 Å². The number of nitrogens with one attached hydrogen (secondary N) is 2. The highest BCUT2D eigenvalue weighted by molar-refractivity contribution is 5.78. The highest BCUT2D eigenvalue weighted by Crippen LogP contribution is 2.23. The van der Waals surface area contributed by atoms with Gasteiger partial charge in [-0.2, -0.15) is 15.0 Å². The van der Waals surface area contributed by atoms with Gasteiger partial charge in [0, 0.05) is 6.54 Å². The molecule has 9 nitrogen and oxygen atoms in total. The molecule has 0 aliphatic carbocycles. The fourth-order valence-corrected chi connectivity index (χ4v) is 3.11. The predicted molar refractivity (Wildman–Crippen MR) is 126 cm³/mol. The molecule has 2 N–H and O–H groups in total. The zero-order chi connectivity index (χ0) is 24.5. The van der Waals surface area contributed by atoms with Crippen LogP contribution in [0, 0.1) is 11.7 Å². The fraction of sp³-hybridized carbons (Fsp3) is 0.333. The highest BCUT2D eigenvalue weighted by Gasteiger charge is 2.22. The lowest BCUT2D eigenvalue weighted by Crippen LogP contribution is -2.33. The summed E-state index contributed by atoms with van der Waals surface area (Å²) in [7, 11) is 2.90. The van der Waals surface area contributed by atoms with Crippen LogP contribution in [0.1, 0.15) is 25.8 Å². The Morgan fingerprint density at radius 1 is 1.00 bits per heavy atom. The average Bonchev–Trinajstić information content (AvgIpc) is 2.82. The van der Waals surface area contributed by atoms with Crippen LogP contribution in [0.3, 0.4) is 0 Å². The number of ether oxygens (including phenoxy) is 3. The fourth-order valence-electron chi connectivity index (χ4n) is 3.11. The van der Waals surface area contributed by atoms with Crippen LogP contribution < -0.4 is 20.1 Å². The third kappa shape index (κ3) is 7.29. The summed E-state index contributed by atoms with van der Waals surface area (Å²) in [5, 5.41) is 6.06. The Kier molecular flexibility index (Phi) is 8.55. The van der Waals surface area contributed by atoms with Gasteiger partial charge in [0.2, 0.25) is 11.9 Å². The van der Waals surface area contributed by atoms with Gasteiger partial charge >= 0.3 is 12.0 Å². The maximum atomic E-state index is 13.5. The molecule has 1 atom stereocenters. The number of esters is 1. The van der Waals surface area contributed by atoms with Crippen LogP contribution in [0.25, 0.3) is 0 Å². The molecule has 0 saturated carbocycles. The Balaban J connectivity index is 1.86. The van der Waals surface area contributed by atoms with Crippen molar-refractivity contribution in [3.63, 3.8) is 0 Å². The zero-order valence-corrected chi connectivity index (χ0v) is 19.5. The van der Waals surface area contributed by atoms with Gasteiger partial charge in [-0.15, -0.1) is 0 Å². The minimum atomic E-state index is -0.655. The number of hydrogen-bond donors (Lipinski definition) is 2. The average molecular weight is 470 g/mol. The second-order valence-corrected chi connectivity index (χ2v) is 7.88. The molecule has 0 saturated heterocycles. The number of benzene rings is 2. The molecule has 180 valence electrons. The van der Waals surface area contributed by atoms with Gasteiger partial charge in [0.25, 0.3) is 0 Å². The van der Waals surface area contributed by atoms with Crippen LogP contribution in [0.2, 0.25) is 0 Å². The SMILES string of the molecule is COC(=O)[C@@H](CC(C)C)Nc1nc(NCc2cccc(F)c2)nc(Oc2ccc(OC)cc2)n1. The highest BCUT2D eigenvalue weighted by atomic mass is 19.1. The van der Waals surface area contributed by atoms with Gasteiger partial charge in [-0.3, -0.25) is 0 Å². The normalized spacial score (nSPS) is 11.6. The van der Waals surface area contributed by atoms with E-state index in [2.05, 4.69) is 25.6 Å². The Labute approximate surface area is 197 Å². The quantitative estimate of drug-likeness (QED) is 0.395. The molecule has 2 aromatic carbocycles. The molecule has 3 aromatic rings. The lowest BCUT2D eigenvalue weighted by atomic mass is 10.0. The van der Waals surface area contributed by atoms with Crippen molar-refractivity contribution in [2.45, 2.75) is 32.9 Å². The van der Waals surface area contributed by atoms with Crippen LogP contribution in [0.15, 0.2) is 48.5 Å². The molecular weight excluding hydrogens is 441 g/mol. The van der Waals surface area contributed by atoms with E-state index in [0.29, 0.717) is 23.5 Å². The monoisotopic (exact) mass is 469 g/mol. The summed E-state index contributed by atoms with van der Waals surface area (Å²) in [6.45, 7) is 4.26. The molecule has 3 rings (SSSR count). The molecule has 1 aromatic heterocycles. The standard InChI is InChI=1S/C24H28FN5O4/c1-15(2)12-20(21(31)33-4)27-23-28-22(26-14-16-6-5-7-17(25)13-16)29-24(30-23)34-19-10-8-18(32-3)9-11-19/h5-11,13,15,20H,12,14H2,1-4H3,(H2,26,27,28,29,30)/t20-/m1/s1. The molecule has 0 spiro atoms. The van der Waals surface area contributed by atoms with E-state index in [9.17, 15) is 9.18 Å².